The predicted octanol–water partition coefficient (Wildman–Crippen LogP) is 3.98. The molecule has 3 unspecified atom stereocenters. The van der Waals surface area contributed by atoms with E-state index in [1.165, 1.54) is 0 Å². The molecule has 348 valence electrons. The van der Waals surface area contributed by atoms with Crippen molar-refractivity contribution in [3.8, 4) is 11.3 Å². The Morgan fingerprint density at radius 1 is 1.11 bits per heavy atom. The van der Waals surface area contributed by atoms with Crippen LogP contribution in [0.1, 0.15) is 85.6 Å². The second kappa shape index (κ2) is 20.6. The highest BCUT2D eigenvalue weighted by Crippen LogP contribution is 2.40. The lowest BCUT2D eigenvalue weighted by Gasteiger charge is -2.45. The fourth-order valence-corrected chi connectivity index (χ4v) is 9.72. The predicted molar refractivity (Wildman–Crippen MR) is 234 cm³/mol. The number of aliphatic hydroxyl groups is 1. The number of benzene rings is 1. The van der Waals surface area contributed by atoms with Gasteiger partial charge in [-0.1, -0.05) is 31.2 Å². The molecule has 1 amide bonds. The largest absolute Gasteiger partial charge is 0.457 e. The minimum absolute atomic E-state index is 0.0103. The summed E-state index contributed by atoms with van der Waals surface area (Å²) in [6.07, 6.45) is 2.92. The van der Waals surface area contributed by atoms with Crippen molar-refractivity contribution in [1.82, 2.24) is 40.3 Å². The average molecular weight is 880 g/mol. The number of H-pyrrole nitrogens is 1. The number of fused-ring (bicyclic) bond motifs is 1. The smallest absolute Gasteiger partial charge is 0.410 e. The highest BCUT2D eigenvalue weighted by molar-refractivity contribution is 5.99. The number of aliphatic hydroxyl groups excluding tert-OH is 1. The first kappa shape index (κ1) is 48.0. The van der Waals surface area contributed by atoms with Crippen LogP contribution in [0.5, 0.6) is 0 Å². The molecule has 3 aliphatic heterocycles. The van der Waals surface area contributed by atoms with Gasteiger partial charge in [0.1, 0.15) is 29.6 Å². The number of aromatic amines is 1. The zero-order valence-corrected chi connectivity index (χ0v) is 38.4. The quantitative estimate of drug-likeness (QED) is 0.0826. The van der Waals surface area contributed by atoms with E-state index in [0.29, 0.717) is 63.0 Å². The number of nitrogens with one attached hydrogen (secondary N) is 2. The summed E-state index contributed by atoms with van der Waals surface area (Å²) in [5.74, 6) is -2.47. The monoisotopic (exact) mass is 880 g/mol. The number of anilines is 1. The number of nitrogens with zero attached hydrogens (tertiary/aromatic N) is 6. The van der Waals surface area contributed by atoms with Gasteiger partial charge in [0.2, 0.25) is 0 Å². The third-order valence-electron chi connectivity index (χ3n) is 13.3. The molecular formula is C45H69N9O9. The van der Waals surface area contributed by atoms with Gasteiger partial charge in [-0.2, -0.15) is 5.10 Å². The molecular weight excluding hydrogens is 811 g/mol. The molecule has 3 fully saturated rings. The van der Waals surface area contributed by atoms with Gasteiger partial charge in [0.15, 0.2) is 11.9 Å². The Labute approximate surface area is 370 Å². The van der Waals surface area contributed by atoms with Gasteiger partial charge in [0.05, 0.1) is 36.2 Å². The lowest BCUT2D eigenvalue weighted by Crippen LogP contribution is -2.61. The second-order valence-corrected chi connectivity index (χ2v) is 18.5. The molecule has 6 rings (SSSR count). The van der Waals surface area contributed by atoms with Crippen LogP contribution in [0.25, 0.3) is 11.3 Å². The topological polar surface area (TPSA) is 222 Å². The zero-order valence-electron chi connectivity index (χ0n) is 38.4. The van der Waals surface area contributed by atoms with E-state index in [4.69, 9.17) is 29.4 Å². The fraction of sp³-hybridized carbons (Fsp3) is 0.689. The standard InChI is InChI=1S/C45H69N9O9/c1-10-37-45(6)40(54(43(58)63-45)17-12-11-16-53-26-34(50-51-53)31-14-13-15-32(46)20-31)29(4)47-23-27(2)22-44(5,59-9)38(62-42-39(56)35(52(7)8)18-28(3)60-42)21-36(55)33(41(57)61-37)19-30-24-48-49-25-30/h13-15,20,24-29,33,35,37-40,42,47,56H,10-12,16-19,21-23,46H2,1-9H3,(H,48,49)/t27-,28?,29-,33-,35?,37-,38-,39?,40-,42+,44-,45-/m1/s1. The summed E-state index contributed by atoms with van der Waals surface area (Å²) in [6, 6.07) is 6.37. The van der Waals surface area contributed by atoms with Crippen molar-refractivity contribution in [2.45, 2.75) is 153 Å². The second-order valence-electron chi connectivity index (χ2n) is 18.5. The van der Waals surface area contributed by atoms with E-state index in [0.717, 1.165) is 11.3 Å². The molecule has 18 heteroatoms. The maximum Gasteiger partial charge on any atom is 0.410 e. The van der Waals surface area contributed by atoms with Crippen molar-refractivity contribution in [2.75, 3.05) is 40.0 Å². The van der Waals surface area contributed by atoms with Crippen LogP contribution in [-0.4, -0.2) is 152 Å². The Morgan fingerprint density at radius 2 is 1.87 bits per heavy atom. The first-order valence-electron chi connectivity index (χ1n) is 22.4. The zero-order chi connectivity index (χ0) is 45.6. The Morgan fingerprint density at radius 3 is 2.56 bits per heavy atom. The number of aromatic nitrogens is 5. The molecule has 3 saturated heterocycles. The van der Waals surface area contributed by atoms with Crippen LogP contribution in [0.2, 0.25) is 0 Å². The number of nitrogen functional groups attached to an aromatic ring is 1. The Balaban J connectivity index is 1.27. The third-order valence-corrected chi connectivity index (χ3v) is 13.3. The molecule has 3 aliphatic rings. The lowest BCUT2D eigenvalue weighted by molar-refractivity contribution is -0.289. The van der Waals surface area contributed by atoms with E-state index in [2.05, 4.69) is 32.7 Å². The number of Topliss-reactive ketones (excluding diaryl/α,β-unsaturated/α-hetero) is 1. The van der Waals surface area contributed by atoms with Crippen LogP contribution in [0.3, 0.4) is 0 Å². The van der Waals surface area contributed by atoms with Gasteiger partial charge < -0.3 is 44.7 Å². The van der Waals surface area contributed by atoms with Gasteiger partial charge in [-0.15, -0.1) is 5.10 Å². The van der Waals surface area contributed by atoms with E-state index in [-0.39, 0.29) is 36.9 Å². The van der Waals surface area contributed by atoms with Gasteiger partial charge in [0, 0.05) is 56.2 Å². The molecule has 63 heavy (non-hydrogen) atoms. The SMILES string of the molecule is CC[C@H]1OC(=O)[C@H](Cc2cn[nH]c2)C(=O)C[C@@H](O[C@@H]2OC(C)CC(N(C)C)C2O)[C@](C)(OC)C[C@@H](C)CN[C@H](C)[C@H]2N(CCCCn3cc(-c4cccc(N)c4)nn3)C(=O)O[C@]12C. The van der Waals surface area contributed by atoms with Crippen molar-refractivity contribution in [3.05, 3.63) is 48.4 Å². The summed E-state index contributed by atoms with van der Waals surface area (Å²) in [4.78, 5) is 47.0. The number of amides is 1. The highest BCUT2D eigenvalue weighted by atomic mass is 16.7. The van der Waals surface area contributed by atoms with Crippen molar-refractivity contribution >= 4 is 23.5 Å². The third kappa shape index (κ3) is 11.1. The van der Waals surface area contributed by atoms with Crippen LogP contribution < -0.4 is 11.1 Å². The normalized spacial score (nSPS) is 33.7. The van der Waals surface area contributed by atoms with Crippen molar-refractivity contribution in [2.24, 2.45) is 11.8 Å². The molecule has 3 aromatic rings. The number of likely N-dealkylation sites (N-methyl/N-ethyl adjacent to an activating group) is 1. The van der Waals surface area contributed by atoms with Crippen LogP contribution >= 0.6 is 0 Å². The summed E-state index contributed by atoms with van der Waals surface area (Å²) >= 11 is 0. The van der Waals surface area contributed by atoms with Gasteiger partial charge in [-0.05, 0) is 110 Å². The number of ketones is 1. The Hall–Kier alpha value is -4.46. The summed E-state index contributed by atoms with van der Waals surface area (Å²) in [7, 11) is 5.38. The van der Waals surface area contributed by atoms with E-state index in [9.17, 15) is 19.5 Å². The molecule has 0 aliphatic carbocycles. The fourth-order valence-electron chi connectivity index (χ4n) is 9.72. The summed E-state index contributed by atoms with van der Waals surface area (Å²) in [6.45, 7) is 13.1. The van der Waals surface area contributed by atoms with Crippen LogP contribution in [0, 0.1) is 11.8 Å². The van der Waals surface area contributed by atoms with Crippen molar-refractivity contribution < 1.29 is 43.2 Å². The highest BCUT2D eigenvalue weighted by Gasteiger charge is 2.58. The number of ether oxygens (including phenoxy) is 5. The minimum Gasteiger partial charge on any atom is -0.457 e. The van der Waals surface area contributed by atoms with Crippen LogP contribution in [-0.2, 0) is 46.2 Å². The molecule has 12 atom stereocenters. The average Bonchev–Trinajstić information content (AvgIpc) is 4.00. The van der Waals surface area contributed by atoms with Gasteiger partial charge in [0.25, 0.3) is 0 Å². The molecule has 0 radical (unpaired) electrons. The van der Waals surface area contributed by atoms with Crippen LogP contribution in [0.4, 0.5) is 10.5 Å². The van der Waals surface area contributed by atoms with E-state index in [1.807, 2.05) is 84.1 Å². The minimum atomic E-state index is -1.28. The first-order valence-corrected chi connectivity index (χ1v) is 22.4. The van der Waals surface area contributed by atoms with Gasteiger partial charge in [-0.3, -0.25) is 24.3 Å². The van der Waals surface area contributed by atoms with E-state index in [1.54, 1.807) is 29.1 Å². The molecule has 0 spiro atoms. The lowest BCUT2D eigenvalue weighted by atomic mass is 9.82. The molecule has 2 aromatic heterocycles. The number of nitrogens with two attached hydrogens (primary N) is 1. The number of unbranched alkanes of at least 4 members (excludes halogenated alkanes) is 1. The summed E-state index contributed by atoms with van der Waals surface area (Å²) < 4.78 is 33.6. The number of aryl methyl sites for hydroxylation is 1. The number of hydrogen-bond donors (Lipinski definition) is 4. The van der Waals surface area contributed by atoms with Crippen molar-refractivity contribution in [3.63, 3.8) is 0 Å². The number of cyclic esters (lactones) is 1. The van der Waals surface area contributed by atoms with E-state index < -0.39 is 65.6 Å². The van der Waals surface area contributed by atoms with Crippen molar-refractivity contribution in [1.29, 1.82) is 0 Å². The summed E-state index contributed by atoms with van der Waals surface area (Å²) in [5.41, 5.74) is 6.51. The Kier molecular flexibility index (Phi) is 15.7. The molecule has 18 nitrogen and oxygen atoms in total. The maximum absolute atomic E-state index is 14.7. The number of methoxy groups -OCH3 is 1. The molecule has 5 N–H and O–H groups in total. The first-order chi connectivity index (χ1) is 30.0. The Bertz CT molecular complexity index is 1980. The molecule has 5 heterocycles. The number of carbonyl (C=O) groups excluding carboxylic acids is 3. The van der Waals surface area contributed by atoms with Gasteiger partial charge >= 0.3 is 12.1 Å². The molecule has 0 saturated carbocycles. The number of carbonyl (C=O) groups is 3. The molecule has 1 aromatic carbocycles. The van der Waals surface area contributed by atoms with Gasteiger partial charge in [-0.25, -0.2) is 4.79 Å². The number of hydrogen-bond acceptors (Lipinski definition) is 15. The summed E-state index contributed by atoms with van der Waals surface area (Å²) in [5, 5.41) is 30.7. The number of esters is 1. The van der Waals surface area contributed by atoms with Crippen LogP contribution in [0.15, 0.2) is 42.9 Å². The number of rotatable bonds is 13. The maximum atomic E-state index is 14.7. The van der Waals surface area contributed by atoms with E-state index >= 15 is 0 Å². The molecule has 0 bridgehead atoms.